The van der Waals surface area contributed by atoms with Crippen molar-refractivity contribution in [2.75, 3.05) is 13.2 Å². The number of hydrogen-bond donors (Lipinski definition) is 1. The van der Waals surface area contributed by atoms with Gasteiger partial charge in [-0.25, -0.2) is 0 Å². The highest BCUT2D eigenvalue weighted by Gasteiger charge is 2.63. The number of aryl methyl sites for hydroxylation is 4. The number of fused-ring (bicyclic) bond motifs is 3. The van der Waals surface area contributed by atoms with Gasteiger partial charge in [-0.1, -0.05) is 32.9 Å². The van der Waals surface area contributed by atoms with E-state index in [9.17, 15) is 4.79 Å². The van der Waals surface area contributed by atoms with Gasteiger partial charge in [-0.15, -0.1) is 11.3 Å². The lowest BCUT2D eigenvalue weighted by molar-refractivity contribution is 0.0985. The Morgan fingerprint density at radius 2 is 2.07 bits per heavy atom. The van der Waals surface area contributed by atoms with Crippen LogP contribution in [-0.2, 0) is 19.3 Å². The van der Waals surface area contributed by atoms with Crippen molar-refractivity contribution in [3.63, 3.8) is 0 Å². The van der Waals surface area contributed by atoms with E-state index in [0.717, 1.165) is 41.4 Å². The van der Waals surface area contributed by atoms with E-state index < -0.39 is 0 Å². The minimum absolute atomic E-state index is 0.144. The number of ketones is 1. The molecule has 4 heteroatoms. The molecule has 1 aromatic carbocycles. The van der Waals surface area contributed by atoms with Crippen LogP contribution in [0.15, 0.2) is 12.1 Å². The number of aliphatic hydroxyl groups is 1. The molecule has 1 saturated carbocycles. The summed E-state index contributed by atoms with van der Waals surface area (Å²) < 4.78 is 5.91. The lowest BCUT2D eigenvalue weighted by Gasteiger charge is -2.15. The second kappa shape index (κ2) is 8.12. The van der Waals surface area contributed by atoms with Crippen LogP contribution in [0.1, 0.15) is 81.9 Å². The molecule has 4 rings (SSSR count). The maximum absolute atomic E-state index is 13.1. The number of rotatable bonds is 9. The zero-order valence-electron chi connectivity index (χ0n) is 18.9. The molecule has 1 fully saturated rings. The van der Waals surface area contributed by atoms with Gasteiger partial charge in [0.05, 0.1) is 11.5 Å². The molecule has 2 aromatic rings. The third-order valence-corrected chi connectivity index (χ3v) is 8.46. The van der Waals surface area contributed by atoms with Crippen molar-refractivity contribution in [1.82, 2.24) is 0 Å². The maximum Gasteiger partial charge on any atom is 0.173 e. The summed E-state index contributed by atoms with van der Waals surface area (Å²) >= 11 is 1.73. The zero-order valence-corrected chi connectivity index (χ0v) is 19.7. The fraction of sp³-hybridized carbons (Fsp3) is 0.577. The van der Waals surface area contributed by atoms with Gasteiger partial charge >= 0.3 is 0 Å². The molecular weight excluding hydrogens is 392 g/mol. The van der Waals surface area contributed by atoms with Crippen molar-refractivity contribution in [3.8, 4) is 5.75 Å². The fourth-order valence-corrected chi connectivity index (χ4v) is 6.71. The first-order valence-electron chi connectivity index (χ1n) is 11.3. The van der Waals surface area contributed by atoms with Gasteiger partial charge in [-0.3, -0.25) is 4.79 Å². The van der Waals surface area contributed by atoms with E-state index in [0.29, 0.717) is 36.6 Å². The van der Waals surface area contributed by atoms with Crippen molar-refractivity contribution in [2.45, 2.75) is 72.6 Å². The first-order valence-corrected chi connectivity index (χ1v) is 12.1. The van der Waals surface area contributed by atoms with Crippen molar-refractivity contribution in [1.29, 1.82) is 0 Å². The molecule has 1 heterocycles. The van der Waals surface area contributed by atoms with Gasteiger partial charge in [-0.2, -0.15) is 0 Å². The predicted octanol–water partition coefficient (Wildman–Crippen LogP) is 5.80. The molecule has 2 aliphatic rings. The molecule has 0 radical (unpaired) electrons. The quantitative estimate of drug-likeness (QED) is 0.407. The standard InChI is InChI=1S/C26H34O3S/c1-6-18-13-17(12-15(2)24(18)29-11-7-10-27)8-9-21(28)25-19-14-20-23(26(20,4)5)22(19)16(3)30-25/h12-13,20,23,27H,6-11,14H2,1-5H3/t20-,23-/m1/s1. The summed E-state index contributed by atoms with van der Waals surface area (Å²) in [6.07, 6.45) is 3.97. The van der Waals surface area contributed by atoms with Crippen LogP contribution in [0.2, 0.25) is 0 Å². The Kier molecular flexibility index (Phi) is 5.84. The van der Waals surface area contributed by atoms with Crippen LogP contribution >= 0.6 is 11.3 Å². The molecule has 2 aliphatic carbocycles. The molecule has 3 nitrogen and oxygen atoms in total. The van der Waals surface area contributed by atoms with Crippen LogP contribution in [0.4, 0.5) is 0 Å². The van der Waals surface area contributed by atoms with Gasteiger partial charge in [0.15, 0.2) is 5.78 Å². The molecule has 0 saturated heterocycles. The van der Waals surface area contributed by atoms with Gasteiger partial charge in [0.1, 0.15) is 5.75 Å². The largest absolute Gasteiger partial charge is 0.493 e. The number of benzene rings is 1. The summed E-state index contributed by atoms with van der Waals surface area (Å²) in [5.41, 5.74) is 6.81. The third-order valence-electron chi connectivity index (χ3n) is 7.25. The summed E-state index contributed by atoms with van der Waals surface area (Å²) in [5, 5.41) is 8.99. The van der Waals surface area contributed by atoms with Gasteiger partial charge in [0.2, 0.25) is 0 Å². The number of carbonyl (C=O) groups is 1. The lowest BCUT2D eigenvalue weighted by atomic mass is 9.93. The van der Waals surface area contributed by atoms with Crippen LogP contribution in [-0.4, -0.2) is 24.1 Å². The highest BCUT2D eigenvalue weighted by Crippen LogP contribution is 2.71. The Bertz CT molecular complexity index is 969. The number of Topliss-reactive ketones (excluding diaryl/α,β-unsaturated/α-hetero) is 1. The number of hydrogen-bond acceptors (Lipinski definition) is 4. The second-order valence-electron chi connectivity index (χ2n) is 9.59. The Hall–Kier alpha value is -1.65. The van der Waals surface area contributed by atoms with E-state index in [1.807, 2.05) is 0 Å². The SMILES string of the molecule is CCc1cc(CCC(=O)c2sc(C)c3c2C[C@@H]2[C@H]3C2(C)C)cc(C)c1OCCCO. The summed E-state index contributed by atoms with van der Waals surface area (Å²) in [4.78, 5) is 15.5. The molecule has 1 aromatic heterocycles. The molecular formula is C26H34O3S. The minimum Gasteiger partial charge on any atom is -0.493 e. The van der Waals surface area contributed by atoms with Gasteiger partial charge < -0.3 is 9.84 Å². The first-order chi connectivity index (χ1) is 14.3. The highest BCUT2D eigenvalue weighted by atomic mass is 32.1. The highest BCUT2D eigenvalue weighted by molar-refractivity contribution is 7.14. The summed E-state index contributed by atoms with van der Waals surface area (Å²) in [6.45, 7) is 11.8. The van der Waals surface area contributed by atoms with E-state index in [1.54, 1.807) is 11.3 Å². The normalized spacial score (nSPS) is 20.7. The van der Waals surface area contributed by atoms with Crippen LogP contribution in [0, 0.1) is 25.2 Å². The average molecular weight is 427 g/mol. The van der Waals surface area contributed by atoms with Gasteiger partial charge in [0.25, 0.3) is 0 Å². The van der Waals surface area contributed by atoms with E-state index in [-0.39, 0.29) is 6.61 Å². The number of thiophene rings is 1. The van der Waals surface area contributed by atoms with E-state index in [2.05, 4.69) is 46.8 Å². The molecule has 0 aliphatic heterocycles. The molecule has 1 N–H and O–H groups in total. The van der Waals surface area contributed by atoms with Gasteiger partial charge in [0, 0.05) is 24.3 Å². The first kappa shape index (κ1) is 21.6. The molecule has 0 bridgehead atoms. The average Bonchev–Trinajstić information content (AvgIpc) is 3.04. The second-order valence-corrected chi connectivity index (χ2v) is 10.8. The maximum atomic E-state index is 13.1. The molecule has 0 amide bonds. The smallest absolute Gasteiger partial charge is 0.173 e. The zero-order chi connectivity index (χ0) is 21.6. The van der Waals surface area contributed by atoms with Crippen molar-refractivity contribution in [2.24, 2.45) is 11.3 Å². The van der Waals surface area contributed by atoms with Crippen molar-refractivity contribution < 1.29 is 14.6 Å². The Balaban J connectivity index is 1.46. The topological polar surface area (TPSA) is 46.5 Å². The van der Waals surface area contributed by atoms with E-state index in [1.165, 1.54) is 27.1 Å². The number of aliphatic hydroxyl groups excluding tert-OH is 1. The molecule has 162 valence electrons. The molecule has 30 heavy (non-hydrogen) atoms. The molecule has 2 atom stereocenters. The number of ether oxygens (including phenoxy) is 1. The third kappa shape index (κ3) is 3.62. The predicted molar refractivity (Wildman–Crippen MR) is 123 cm³/mol. The van der Waals surface area contributed by atoms with Crippen molar-refractivity contribution >= 4 is 17.1 Å². The van der Waals surface area contributed by atoms with Crippen LogP contribution in [0.3, 0.4) is 0 Å². The fourth-order valence-electron chi connectivity index (χ4n) is 5.51. The summed E-state index contributed by atoms with van der Waals surface area (Å²) in [5.74, 6) is 2.67. The van der Waals surface area contributed by atoms with E-state index >= 15 is 0 Å². The Morgan fingerprint density at radius 3 is 2.77 bits per heavy atom. The van der Waals surface area contributed by atoms with E-state index in [4.69, 9.17) is 9.84 Å². The molecule has 0 spiro atoms. The number of carbonyl (C=O) groups excluding carboxylic acids is 1. The van der Waals surface area contributed by atoms with Crippen molar-refractivity contribution in [3.05, 3.63) is 49.7 Å². The van der Waals surface area contributed by atoms with Gasteiger partial charge in [-0.05, 0) is 78.2 Å². The molecule has 0 unspecified atom stereocenters. The summed E-state index contributed by atoms with van der Waals surface area (Å²) in [7, 11) is 0. The summed E-state index contributed by atoms with van der Waals surface area (Å²) in [6, 6.07) is 4.35. The van der Waals surface area contributed by atoms with Crippen LogP contribution in [0.25, 0.3) is 0 Å². The Morgan fingerprint density at radius 1 is 1.30 bits per heavy atom. The lowest BCUT2D eigenvalue weighted by Crippen LogP contribution is -2.07. The minimum atomic E-state index is 0.144. The Labute approximate surface area is 184 Å². The monoisotopic (exact) mass is 426 g/mol. The van der Waals surface area contributed by atoms with Crippen LogP contribution in [0.5, 0.6) is 5.75 Å². The van der Waals surface area contributed by atoms with Crippen LogP contribution < -0.4 is 4.74 Å².